The van der Waals surface area contributed by atoms with Gasteiger partial charge in [-0.15, -0.1) is 0 Å². The third kappa shape index (κ3) is 3.13. The summed E-state index contributed by atoms with van der Waals surface area (Å²) in [6, 6.07) is 3.53. The summed E-state index contributed by atoms with van der Waals surface area (Å²) in [4.78, 5) is 0. The fraction of sp³-hybridized carbons (Fsp3) is 0.364. The highest BCUT2D eigenvalue weighted by molar-refractivity contribution is 9.10. The monoisotopic (exact) mass is 287 g/mol. The van der Waals surface area contributed by atoms with E-state index in [1.807, 2.05) is 13.8 Å². The Balaban J connectivity index is 3.17. The first-order valence-electron chi connectivity index (χ1n) is 4.80. The van der Waals surface area contributed by atoms with Gasteiger partial charge in [-0.25, -0.2) is 0 Å². The predicted molar refractivity (Wildman–Crippen MR) is 65.8 cm³/mol. The molecule has 0 aliphatic heterocycles. The van der Waals surface area contributed by atoms with E-state index in [1.54, 1.807) is 19.2 Å². The molecule has 0 aliphatic rings. The summed E-state index contributed by atoms with van der Waals surface area (Å²) in [5.74, 6) is 1.24. The molecule has 4 nitrogen and oxygen atoms in total. The van der Waals surface area contributed by atoms with Crippen LogP contribution in [0.25, 0.3) is 0 Å². The lowest BCUT2D eigenvalue weighted by Crippen LogP contribution is -2.07. The third-order valence-electron chi connectivity index (χ3n) is 1.81. The fourth-order valence-corrected chi connectivity index (χ4v) is 1.78. The number of benzene rings is 1. The van der Waals surface area contributed by atoms with Gasteiger partial charge in [0.05, 0.1) is 23.9 Å². The molecular formula is C11H14BrNO3. The van der Waals surface area contributed by atoms with Crippen molar-refractivity contribution in [3.8, 4) is 11.5 Å². The molecule has 0 saturated carbocycles. The molecule has 88 valence electrons. The highest BCUT2D eigenvalue weighted by Crippen LogP contribution is 2.36. The molecule has 1 aromatic carbocycles. The summed E-state index contributed by atoms with van der Waals surface area (Å²) in [5.41, 5.74) is 0.724. The van der Waals surface area contributed by atoms with Gasteiger partial charge in [0, 0.05) is 5.56 Å². The SMILES string of the molecule is COc1cc(C=NO)cc(Br)c1OC(C)C. The molecule has 0 saturated heterocycles. The van der Waals surface area contributed by atoms with Gasteiger partial charge in [-0.1, -0.05) is 5.16 Å². The van der Waals surface area contributed by atoms with E-state index in [0.29, 0.717) is 11.5 Å². The first kappa shape index (κ1) is 12.8. The number of halogens is 1. The van der Waals surface area contributed by atoms with Gasteiger partial charge in [-0.2, -0.15) is 0 Å². The molecule has 0 atom stereocenters. The molecule has 0 spiro atoms. The molecule has 0 amide bonds. The van der Waals surface area contributed by atoms with Crippen LogP contribution in [-0.4, -0.2) is 24.6 Å². The van der Waals surface area contributed by atoms with Crippen molar-refractivity contribution in [3.63, 3.8) is 0 Å². The smallest absolute Gasteiger partial charge is 0.175 e. The molecule has 0 unspecified atom stereocenters. The van der Waals surface area contributed by atoms with Gasteiger partial charge in [-0.3, -0.25) is 0 Å². The second kappa shape index (κ2) is 5.75. The first-order chi connectivity index (χ1) is 7.58. The lowest BCUT2D eigenvalue weighted by atomic mass is 10.2. The standard InChI is InChI=1S/C11H14BrNO3/c1-7(2)16-11-9(12)4-8(6-13-14)5-10(11)15-3/h4-7,14H,1-3H3. The fourth-order valence-electron chi connectivity index (χ4n) is 1.23. The van der Waals surface area contributed by atoms with Crippen molar-refractivity contribution >= 4 is 22.1 Å². The van der Waals surface area contributed by atoms with Crippen molar-refractivity contribution in [2.45, 2.75) is 20.0 Å². The van der Waals surface area contributed by atoms with Crippen molar-refractivity contribution in [1.29, 1.82) is 0 Å². The van der Waals surface area contributed by atoms with E-state index < -0.39 is 0 Å². The van der Waals surface area contributed by atoms with Crippen molar-refractivity contribution in [2.24, 2.45) is 5.16 Å². The number of hydrogen-bond acceptors (Lipinski definition) is 4. The van der Waals surface area contributed by atoms with Gasteiger partial charge < -0.3 is 14.7 Å². The molecule has 0 fully saturated rings. The number of rotatable bonds is 4. The Labute approximate surface area is 103 Å². The maximum Gasteiger partial charge on any atom is 0.175 e. The van der Waals surface area contributed by atoms with Crippen molar-refractivity contribution < 1.29 is 14.7 Å². The summed E-state index contributed by atoms with van der Waals surface area (Å²) in [6.45, 7) is 3.88. The third-order valence-corrected chi connectivity index (χ3v) is 2.40. The molecule has 0 heterocycles. The molecule has 1 N–H and O–H groups in total. The molecular weight excluding hydrogens is 274 g/mol. The first-order valence-corrected chi connectivity index (χ1v) is 5.59. The van der Waals surface area contributed by atoms with Crippen LogP contribution in [0.1, 0.15) is 19.4 Å². The Morgan fingerprint density at radius 2 is 2.12 bits per heavy atom. The Morgan fingerprint density at radius 3 is 2.62 bits per heavy atom. The molecule has 1 aromatic rings. The van der Waals surface area contributed by atoms with Crippen molar-refractivity contribution in [2.75, 3.05) is 7.11 Å². The number of nitrogens with zero attached hydrogens (tertiary/aromatic N) is 1. The number of hydrogen-bond donors (Lipinski definition) is 1. The number of oxime groups is 1. The van der Waals surface area contributed by atoms with Gasteiger partial charge in [-0.05, 0) is 41.9 Å². The minimum Gasteiger partial charge on any atom is -0.493 e. The largest absolute Gasteiger partial charge is 0.493 e. The average molecular weight is 288 g/mol. The molecule has 0 bridgehead atoms. The maximum atomic E-state index is 8.47. The molecule has 16 heavy (non-hydrogen) atoms. The van der Waals surface area contributed by atoms with Gasteiger partial charge >= 0.3 is 0 Å². The summed E-state index contributed by atoms with van der Waals surface area (Å²) < 4.78 is 11.6. The molecule has 5 heteroatoms. The topological polar surface area (TPSA) is 51.0 Å². The summed E-state index contributed by atoms with van der Waals surface area (Å²) in [7, 11) is 1.56. The minimum atomic E-state index is 0.0579. The Kier molecular flexibility index (Phi) is 4.61. The zero-order valence-corrected chi connectivity index (χ0v) is 11.0. The van der Waals surface area contributed by atoms with Crippen LogP contribution in [0.5, 0.6) is 11.5 Å². The van der Waals surface area contributed by atoms with E-state index in [-0.39, 0.29) is 6.10 Å². The van der Waals surface area contributed by atoms with Crippen LogP contribution in [-0.2, 0) is 0 Å². The molecule has 0 aliphatic carbocycles. The van der Waals surface area contributed by atoms with E-state index in [4.69, 9.17) is 14.7 Å². The predicted octanol–water partition coefficient (Wildman–Crippen LogP) is 3.05. The van der Waals surface area contributed by atoms with E-state index in [0.717, 1.165) is 10.0 Å². The Bertz CT molecular complexity index is 391. The van der Waals surface area contributed by atoms with Crippen LogP contribution >= 0.6 is 15.9 Å². The van der Waals surface area contributed by atoms with Crippen LogP contribution in [0.4, 0.5) is 0 Å². The normalized spacial score (nSPS) is 11.1. The highest BCUT2D eigenvalue weighted by atomic mass is 79.9. The second-order valence-electron chi connectivity index (χ2n) is 3.45. The number of methoxy groups -OCH3 is 1. The summed E-state index contributed by atoms with van der Waals surface area (Å²) in [5, 5.41) is 11.4. The summed E-state index contributed by atoms with van der Waals surface area (Å²) >= 11 is 3.39. The lowest BCUT2D eigenvalue weighted by molar-refractivity contribution is 0.228. The maximum absolute atomic E-state index is 8.47. The Hall–Kier alpha value is -1.23. The van der Waals surface area contributed by atoms with Gasteiger partial charge in [0.25, 0.3) is 0 Å². The van der Waals surface area contributed by atoms with Crippen LogP contribution < -0.4 is 9.47 Å². The molecule has 1 rings (SSSR count). The van der Waals surface area contributed by atoms with Crippen molar-refractivity contribution in [1.82, 2.24) is 0 Å². The van der Waals surface area contributed by atoms with Crippen LogP contribution in [0.2, 0.25) is 0 Å². The Morgan fingerprint density at radius 1 is 1.44 bits per heavy atom. The van der Waals surface area contributed by atoms with Gasteiger partial charge in [0.15, 0.2) is 11.5 Å². The zero-order chi connectivity index (χ0) is 12.1. The number of ether oxygens (including phenoxy) is 2. The van der Waals surface area contributed by atoms with Crippen LogP contribution in [0.15, 0.2) is 21.8 Å². The van der Waals surface area contributed by atoms with E-state index in [2.05, 4.69) is 21.1 Å². The highest BCUT2D eigenvalue weighted by Gasteiger charge is 2.12. The second-order valence-corrected chi connectivity index (χ2v) is 4.30. The van der Waals surface area contributed by atoms with Gasteiger partial charge in [0.1, 0.15) is 0 Å². The van der Waals surface area contributed by atoms with E-state index >= 15 is 0 Å². The average Bonchev–Trinajstić information content (AvgIpc) is 2.21. The van der Waals surface area contributed by atoms with E-state index in [1.165, 1.54) is 6.21 Å². The minimum absolute atomic E-state index is 0.0579. The zero-order valence-electron chi connectivity index (χ0n) is 9.40. The lowest BCUT2D eigenvalue weighted by Gasteiger charge is -2.15. The van der Waals surface area contributed by atoms with E-state index in [9.17, 15) is 0 Å². The molecule has 0 aromatic heterocycles. The van der Waals surface area contributed by atoms with Crippen LogP contribution in [0, 0.1) is 0 Å². The van der Waals surface area contributed by atoms with Crippen molar-refractivity contribution in [3.05, 3.63) is 22.2 Å². The quantitative estimate of drug-likeness (QED) is 0.526. The molecule has 0 radical (unpaired) electrons. The van der Waals surface area contributed by atoms with Crippen LogP contribution in [0.3, 0.4) is 0 Å². The van der Waals surface area contributed by atoms with Gasteiger partial charge in [0.2, 0.25) is 0 Å². The summed E-state index contributed by atoms with van der Waals surface area (Å²) in [6.07, 6.45) is 1.38.